The maximum Gasteiger partial charge on any atom is 0.262 e. The van der Waals surface area contributed by atoms with Crippen molar-refractivity contribution >= 4 is 17.5 Å². The lowest BCUT2D eigenvalue weighted by molar-refractivity contribution is -0.118. The van der Waals surface area contributed by atoms with Crippen molar-refractivity contribution in [3.63, 3.8) is 0 Å². The number of ether oxygens (including phenoxy) is 1. The summed E-state index contributed by atoms with van der Waals surface area (Å²) in [5.74, 6) is 1.20. The van der Waals surface area contributed by atoms with Crippen molar-refractivity contribution in [3.05, 3.63) is 95.1 Å². The lowest BCUT2D eigenvalue weighted by Crippen LogP contribution is -2.40. The second kappa shape index (κ2) is 9.10. The van der Waals surface area contributed by atoms with Crippen molar-refractivity contribution in [2.24, 2.45) is 5.92 Å². The Morgan fingerprint density at radius 1 is 0.970 bits per heavy atom. The molecule has 0 aliphatic carbocycles. The highest BCUT2D eigenvalue weighted by Crippen LogP contribution is 2.38. The van der Waals surface area contributed by atoms with Crippen molar-refractivity contribution in [2.75, 3.05) is 25.0 Å². The number of anilines is 1. The Bertz CT molecular complexity index is 1150. The predicted molar refractivity (Wildman–Crippen MR) is 129 cm³/mol. The molecule has 3 aromatic carbocycles. The summed E-state index contributed by atoms with van der Waals surface area (Å²) in [6.07, 6.45) is 1.90. The fourth-order valence-electron chi connectivity index (χ4n) is 5.01. The Hall–Kier alpha value is -3.60. The van der Waals surface area contributed by atoms with Gasteiger partial charge in [0, 0.05) is 24.6 Å². The summed E-state index contributed by atoms with van der Waals surface area (Å²) in [5.41, 5.74) is 5.07. The van der Waals surface area contributed by atoms with Gasteiger partial charge in [-0.1, -0.05) is 60.2 Å². The molecule has 0 spiro atoms. The highest BCUT2D eigenvalue weighted by molar-refractivity contribution is 5.99. The van der Waals surface area contributed by atoms with E-state index >= 15 is 0 Å². The number of hydrogen-bond donors (Lipinski definition) is 1. The van der Waals surface area contributed by atoms with Crippen LogP contribution >= 0.6 is 0 Å². The molecule has 0 saturated carbocycles. The third kappa shape index (κ3) is 4.49. The summed E-state index contributed by atoms with van der Waals surface area (Å²) in [4.78, 5) is 26.8. The van der Waals surface area contributed by atoms with E-state index in [4.69, 9.17) is 4.74 Å². The molecule has 1 fully saturated rings. The molecule has 1 N–H and O–H groups in total. The third-order valence-electron chi connectivity index (χ3n) is 6.75. The van der Waals surface area contributed by atoms with Crippen LogP contribution in [-0.2, 0) is 4.79 Å². The van der Waals surface area contributed by atoms with Crippen molar-refractivity contribution in [1.82, 2.24) is 4.90 Å². The quantitative estimate of drug-likeness (QED) is 0.620. The summed E-state index contributed by atoms with van der Waals surface area (Å²) in [5, 5.41) is 2.79. The zero-order valence-electron chi connectivity index (χ0n) is 18.8. The third-order valence-corrected chi connectivity index (χ3v) is 6.75. The number of carbonyl (C=O) groups is 2. The van der Waals surface area contributed by atoms with E-state index in [2.05, 4.69) is 66.8 Å². The van der Waals surface area contributed by atoms with Gasteiger partial charge in [0.1, 0.15) is 5.75 Å². The van der Waals surface area contributed by atoms with E-state index in [1.807, 2.05) is 4.90 Å². The zero-order chi connectivity index (χ0) is 22.8. The second-order valence-corrected chi connectivity index (χ2v) is 8.98. The van der Waals surface area contributed by atoms with E-state index in [-0.39, 0.29) is 18.4 Å². The van der Waals surface area contributed by atoms with E-state index in [0.29, 0.717) is 28.8 Å². The van der Waals surface area contributed by atoms with Gasteiger partial charge in [-0.15, -0.1) is 0 Å². The molecular formula is C28H28N2O3. The van der Waals surface area contributed by atoms with E-state index in [9.17, 15) is 9.59 Å². The maximum absolute atomic E-state index is 13.2. The summed E-state index contributed by atoms with van der Waals surface area (Å²) >= 11 is 0. The number of aryl methyl sites for hydroxylation is 1. The molecule has 2 aliphatic rings. The van der Waals surface area contributed by atoms with Crippen LogP contribution in [0.2, 0.25) is 0 Å². The van der Waals surface area contributed by atoms with Crippen molar-refractivity contribution in [1.29, 1.82) is 0 Å². The lowest BCUT2D eigenvalue weighted by Gasteiger charge is -2.37. The number of fused-ring (bicyclic) bond motifs is 1. The topological polar surface area (TPSA) is 58.6 Å². The zero-order valence-corrected chi connectivity index (χ0v) is 18.8. The maximum atomic E-state index is 13.2. The Labute approximate surface area is 194 Å². The molecule has 0 aromatic heterocycles. The summed E-state index contributed by atoms with van der Waals surface area (Å²) in [6.45, 7) is 3.57. The fourth-order valence-corrected chi connectivity index (χ4v) is 5.01. The standard InChI is InChI=1S/C28H28N2O3/c1-19-7-9-21(10-8-19)27(20-5-3-2-4-6-20)22-13-15-30(16-14-22)28(32)23-11-12-25-24(17-23)29-26(31)18-33-25/h2-12,17,22,27H,13-16,18H2,1H3,(H,29,31)/t27-/m0/s1. The number of nitrogens with one attached hydrogen (secondary N) is 1. The van der Waals surface area contributed by atoms with Crippen molar-refractivity contribution < 1.29 is 14.3 Å². The average Bonchev–Trinajstić information content (AvgIpc) is 2.85. The van der Waals surface area contributed by atoms with Gasteiger partial charge in [-0.05, 0) is 55.0 Å². The lowest BCUT2D eigenvalue weighted by atomic mass is 9.76. The number of likely N-dealkylation sites (tertiary alicyclic amines) is 1. The number of benzene rings is 3. The Morgan fingerprint density at radius 2 is 1.67 bits per heavy atom. The second-order valence-electron chi connectivity index (χ2n) is 8.98. The summed E-state index contributed by atoms with van der Waals surface area (Å²) in [7, 11) is 0. The van der Waals surface area contributed by atoms with Crippen LogP contribution in [0.15, 0.2) is 72.8 Å². The van der Waals surface area contributed by atoms with Gasteiger partial charge in [0.25, 0.3) is 11.8 Å². The van der Waals surface area contributed by atoms with Crippen LogP contribution in [-0.4, -0.2) is 36.4 Å². The first-order valence-electron chi connectivity index (χ1n) is 11.6. The molecule has 5 heteroatoms. The number of nitrogens with zero attached hydrogens (tertiary/aromatic N) is 1. The first-order chi connectivity index (χ1) is 16.1. The fraction of sp³-hybridized carbons (Fsp3) is 0.286. The van der Waals surface area contributed by atoms with E-state index in [0.717, 1.165) is 25.9 Å². The van der Waals surface area contributed by atoms with Crippen LogP contribution in [0.3, 0.4) is 0 Å². The van der Waals surface area contributed by atoms with Crippen LogP contribution < -0.4 is 10.1 Å². The van der Waals surface area contributed by atoms with Gasteiger partial charge in [-0.25, -0.2) is 0 Å². The Morgan fingerprint density at radius 3 is 2.39 bits per heavy atom. The van der Waals surface area contributed by atoms with Gasteiger partial charge < -0.3 is 15.0 Å². The smallest absolute Gasteiger partial charge is 0.262 e. The number of piperidine rings is 1. The predicted octanol–water partition coefficient (Wildman–Crippen LogP) is 5.01. The largest absolute Gasteiger partial charge is 0.482 e. The van der Waals surface area contributed by atoms with Crippen LogP contribution in [0.4, 0.5) is 5.69 Å². The summed E-state index contributed by atoms with van der Waals surface area (Å²) < 4.78 is 5.41. The molecule has 5 nitrogen and oxygen atoms in total. The van der Waals surface area contributed by atoms with Crippen LogP contribution in [0.1, 0.15) is 45.8 Å². The number of carbonyl (C=O) groups excluding carboxylic acids is 2. The van der Waals surface area contributed by atoms with Crippen LogP contribution in [0.25, 0.3) is 0 Å². The monoisotopic (exact) mass is 440 g/mol. The minimum absolute atomic E-state index is 0.00247. The van der Waals surface area contributed by atoms with E-state index in [1.165, 1.54) is 16.7 Å². The molecule has 0 bridgehead atoms. The summed E-state index contributed by atoms with van der Waals surface area (Å²) in [6, 6.07) is 24.8. The van der Waals surface area contributed by atoms with Gasteiger partial charge in [0.05, 0.1) is 5.69 Å². The Kier molecular flexibility index (Phi) is 5.86. The molecule has 33 heavy (non-hydrogen) atoms. The molecule has 2 aliphatic heterocycles. The van der Waals surface area contributed by atoms with Gasteiger partial charge in [0.15, 0.2) is 6.61 Å². The molecule has 5 rings (SSSR count). The minimum Gasteiger partial charge on any atom is -0.482 e. The molecule has 168 valence electrons. The molecule has 0 radical (unpaired) electrons. The van der Waals surface area contributed by atoms with Gasteiger partial charge in [0.2, 0.25) is 0 Å². The first kappa shape index (κ1) is 21.3. The molecule has 2 heterocycles. The average molecular weight is 441 g/mol. The Balaban J connectivity index is 1.32. The SMILES string of the molecule is Cc1ccc([C@H](c2ccccc2)C2CCN(C(=O)c3ccc4c(c3)NC(=O)CO4)CC2)cc1. The van der Waals surface area contributed by atoms with Crippen molar-refractivity contribution in [2.45, 2.75) is 25.7 Å². The highest BCUT2D eigenvalue weighted by Gasteiger charge is 2.31. The highest BCUT2D eigenvalue weighted by atomic mass is 16.5. The molecule has 1 atom stereocenters. The van der Waals surface area contributed by atoms with E-state index in [1.54, 1.807) is 18.2 Å². The molecule has 0 unspecified atom stereocenters. The number of rotatable bonds is 4. The normalized spacial score (nSPS) is 17.0. The first-order valence-corrected chi connectivity index (χ1v) is 11.6. The number of amides is 2. The molecule has 2 amide bonds. The van der Waals surface area contributed by atoms with Gasteiger partial charge in [-0.3, -0.25) is 9.59 Å². The van der Waals surface area contributed by atoms with E-state index < -0.39 is 0 Å². The van der Waals surface area contributed by atoms with Gasteiger partial charge >= 0.3 is 0 Å². The minimum atomic E-state index is -0.198. The van der Waals surface area contributed by atoms with Crippen LogP contribution in [0.5, 0.6) is 5.75 Å². The van der Waals surface area contributed by atoms with Crippen molar-refractivity contribution in [3.8, 4) is 5.75 Å². The molecule has 3 aromatic rings. The molecular weight excluding hydrogens is 412 g/mol. The van der Waals surface area contributed by atoms with Crippen LogP contribution in [0, 0.1) is 12.8 Å². The van der Waals surface area contributed by atoms with Gasteiger partial charge in [-0.2, -0.15) is 0 Å². The molecule has 1 saturated heterocycles. The number of hydrogen-bond acceptors (Lipinski definition) is 3.